The molecule has 32 valence electrons. The molecular weight excluding hydrogens is 149 g/mol. The van der Waals surface area contributed by atoms with Crippen LogP contribution in [0, 0.1) is 0 Å². The Labute approximate surface area is 80.6 Å². The van der Waals surface area contributed by atoms with Gasteiger partial charge in [-0.05, 0) is 0 Å². The van der Waals surface area contributed by atoms with Crippen LogP contribution in [0.5, 0.6) is 0 Å². The normalized spacial score (nSPS) is 9.83. The Morgan fingerprint density at radius 1 is 1.50 bits per heavy atom. The fraction of sp³-hybridized carbons (Fsp3) is 0. The summed E-state index contributed by atoms with van der Waals surface area (Å²) in [7, 11) is -1.75. The molecule has 0 aromatic rings. The molecule has 6 heavy (non-hydrogen) atoms. The van der Waals surface area contributed by atoms with E-state index in [2.05, 4.69) is 8.93 Å². The zero-order chi connectivity index (χ0) is 4.50. The zero-order valence-electron chi connectivity index (χ0n) is 3.25. The van der Waals surface area contributed by atoms with Crippen molar-refractivity contribution in [2.24, 2.45) is 0 Å². The summed E-state index contributed by atoms with van der Waals surface area (Å²) in [6, 6.07) is 0. The van der Waals surface area contributed by atoms with Crippen LogP contribution in [-0.2, 0) is 4.57 Å². The molecule has 0 atom stereocenters. The maximum atomic E-state index is 9.24. The predicted octanol–water partition coefficient (Wildman–Crippen LogP) is -2.77. The van der Waals surface area contributed by atoms with Crippen LogP contribution in [0.25, 0.3) is 0 Å². The van der Waals surface area contributed by atoms with Crippen LogP contribution in [0.1, 0.15) is 0 Å². The Morgan fingerprint density at radius 3 is 1.50 bits per heavy atom. The van der Waals surface area contributed by atoms with E-state index in [1.54, 1.807) is 0 Å². The topological polar surface area (TPSA) is 57.5 Å². The summed E-state index contributed by atoms with van der Waals surface area (Å²) in [5, 5.41) is 0. The van der Waals surface area contributed by atoms with Gasteiger partial charge in [0.05, 0.1) is 0 Å². The van der Waals surface area contributed by atoms with E-state index in [1.165, 1.54) is 0 Å². The molecule has 0 saturated heterocycles. The molecule has 0 rings (SSSR count). The summed E-state index contributed by atoms with van der Waals surface area (Å²) in [5.74, 6) is 0. The second-order valence-corrected chi connectivity index (χ2v) is 3.38. The number of hydrogen-bond donors (Lipinski definition) is 2. The first-order chi connectivity index (χ1) is 2.00. The molecule has 0 aromatic carbocycles. The van der Waals surface area contributed by atoms with Crippen LogP contribution in [0.4, 0.5) is 0 Å². The predicted molar refractivity (Wildman–Crippen MR) is 20.4 cm³/mol. The Balaban J connectivity index is 0. The summed E-state index contributed by atoms with van der Waals surface area (Å²) in [5.41, 5.74) is 0. The fourth-order valence-electron chi connectivity index (χ4n) is 0. The second-order valence-electron chi connectivity index (χ2n) is 0.544. The number of rotatable bonds is 0. The van der Waals surface area contributed by atoms with Crippen LogP contribution in [0.15, 0.2) is 0 Å². The molecule has 0 aliphatic heterocycles. The Bertz CT molecular complexity index is 54.9. The van der Waals surface area contributed by atoms with Gasteiger partial charge < -0.3 is 18.7 Å². The van der Waals surface area contributed by atoms with E-state index >= 15 is 0 Å². The quantitative estimate of drug-likeness (QED) is 0.292. The average Bonchev–Trinajstić information content (AvgIpc) is 0.722. The van der Waals surface area contributed by atoms with Crippen LogP contribution in [0.3, 0.4) is 0 Å². The van der Waals surface area contributed by atoms with Crippen molar-refractivity contribution >= 4 is 16.2 Å². The molecule has 3 nitrogen and oxygen atoms in total. The first kappa shape index (κ1) is 11.1. The Morgan fingerprint density at radius 2 is 1.50 bits per heavy atom. The van der Waals surface area contributed by atoms with E-state index in [1.807, 2.05) is 0 Å². The molecular formula is H3KO3P2. The summed E-state index contributed by atoms with van der Waals surface area (Å²) in [6.45, 7) is 0. The van der Waals surface area contributed by atoms with Crippen molar-refractivity contribution in [2.75, 3.05) is 0 Å². The van der Waals surface area contributed by atoms with Gasteiger partial charge in [-0.3, -0.25) is 4.57 Å². The minimum atomic E-state index is -3.83. The maximum absolute atomic E-state index is 9.24. The molecule has 0 aromatic heterocycles. The molecule has 0 aliphatic rings. The molecule has 0 fully saturated rings. The van der Waals surface area contributed by atoms with Crippen molar-refractivity contribution in [3.63, 3.8) is 0 Å². The average molecular weight is 152 g/mol. The van der Waals surface area contributed by atoms with Gasteiger partial charge in [-0.2, -0.15) is 0 Å². The third-order valence-electron chi connectivity index (χ3n) is 0. The Hall–Kier alpha value is 2.22. The molecule has 0 spiro atoms. The Kier molecular flexibility index (Phi) is 7.62. The van der Waals surface area contributed by atoms with Crippen molar-refractivity contribution < 1.29 is 65.7 Å². The van der Waals surface area contributed by atoms with Crippen LogP contribution < -0.4 is 51.4 Å². The minimum absolute atomic E-state index is 0. The van der Waals surface area contributed by atoms with Crippen molar-refractivity contribution in [3.8, 4) is 0 Å². The molecule has 0 saturated carbocycles. The monoisotopic (exact) mass is 152 g/mol. The van der Waals surface area contributed by atoms with Crippen molar-refractivity contribution in [1.29, 1.82) is 0 Å². The van der Waals surface area contributed by atoms with E-state index in [0.29, 0.717) is 0 Å². The third kappa shape index (κ3) is 34.4. The van der Waals surface area contributed by atoms with Gasteiger partial charge in [-0.15, -0.1) is 0 Å². The van der Waals surface area contributed by atoms with Crippen molar-refractivity contribution in [1.82, 2.24) is 0 Å². The van der Waals surface area contributed by atoms with E-state index in [9.17, 15) is 4.57 Å². The summed E-state index contributed by atoms with van der Waals surface area (Å²) in [6.07, 6.45) is 0. The second kappa shape index (κ2) is 4.13. The van der Waals surface area contributed by atoms with Gasteiger partial charge >= 0.3 is 51.4 Å². The summed E-state index contributed by atoms with van der Waals surface area (Å²) < 4.78 is 9.24. The van der Waals surface area contributed by atoms with Gasteiger partial charge in [-0.25, -0.2) is 0 Å². The van der Waals surface area contributed by atoms with Crippen molar-refractivity contribution in [3.05, 3.63) is 0 Å². The SMILES string of the molecule is O=P(O)(O)[PH-].[K+]. The molecule has 0 radical (unpaired) electrons. The van der Waals surface area contributed by atoms with E-state index in [4.69, 9.17) is 9.79 Å². The maximum Gasteiger partial charge on any atom is 1.00 e. The fourth-order valence-corrected chi connectivity index (χ4v) is 0. The van der Waals surface area contributed by atoms with E-state index < -0.39 is 7.28 Å². The first-order valence-corrected chi connectivity index (χ1v) is 3.76. The third-order valence-corrected chi connectivity index (χ3v) is 0. The molecule has 0 unspecified atom stereocenters. The minimum Gasteiger partial charge on any atom is -0.424 e. The smallest absolute Gasteiger partial charge is 0.424 e. The standard InChI is InChI=1S/K.H3O3P2/c;1-5(2,3)4/h;4H,(H2,1,2,3)/q+1;-1. The molecule has 6 heteroatoms. The van der Waals surface area contributed by atoms with E-state index in [0.717, 1.165) is 0 Å². The number of hydrogen-bond acceptors (Lipinski definition) is 1. The van der Waals surface area contributed by atoms with Gasteiger partial charge in [0, 0.05) is 0 Å². The molecule has 0 heterocycles. The van der Waals surface area contributed by atoms with Crippen LogP contribution >= 0.6 is 16.2 Å². The van der Waals surface area contributed by atoms with E-state index in [-0.39, 0.29) is 51.4 Å². The van der Waals surface area contributed by atoms with Gasteiger partial charge in [0.1, 0.15) is 0 Å². The van der Waals surface area contributed by atoms with Gasteiger partial charge in [0.2, 0.25) is 0 Å². The van der Waals surface area contributed by atoms with Crippen molar-refractivity contribution in [2.45, 2.75) is 0 Å². The molecule has 0 bridgehead atoms. The first-order valence-electron chi connectivity index (χ1n) is 0.806. The van der Waals surface area contributed by atoms with Crippen LogP contribution in [0.2, 0.25) is 0 Å². The largest absolute Gasteiger partial charge is 1.00 e. The van der Waals surface area contributed by atoms with Gasteiger partial charge in [0.15, 0.2) is 7.28 Å². The molecule has 0 amide bonds. The zero-order valence-corrected chi connectivity index (χ0v) is 8.27. The van der Waals surface area contributed by atoms with Gasteiger partial charge in [-0.1, -0.05) is 0 Å². The summed E-state index contributed by atoms with van der Waals surface area (Å²) >= 11 is 0. The van der Waals surface area contributed by atoms with Crippen LogP contribution in [-0.4, -0.2) is 9.79 Å². The van der Waals surface area contributed by atoms with Gasteiger partial charge in [0.25, 0.3) is 0 Å². The molecule has 0 aliphatic carbocycles. The molecule has 2 N–H and O–H groups in total. The summed E-state index contributed by atoms with van der Waals surface area (Å²) in [4.78, 5) is 15.1.